The minimum absolute atomic E-state index is 0.0211. The van der Waals surface area contributed by atoms with Crippen molar-refractivity contribution in [1.82, 2.24) is 15.8 Å². The Morgan fingerprint density at radius 3 is 2.26 bits per heavy atom. The molecule has 1 saturated heterocycles. The van der Waals surface area contributed by atoms with Gasteiger partial charge in [-0.2, -0.15) is 0 Å². The van der Waals surface area contributed by atoms with Crippen molar-refractivity contribution < 1.29 is 9.72 Å². The van der Waals surface area contributed by atoms with Crippen molar-refractivity contribution in [3.8, 4) is 0 Å². The summed E-state index contributed by atoms with van der Waals surface area (Å²) in [6.45, 7) is 0. The highest BCUT2D eigenvalue weighted by atomic mass is 35.5. The van der Waals surface area contributed by atoms with E-state index in [1.54, 1.807) is 17.1 Å². The number of non-ortho nitro benzene ring substituents is 1. The molecule has 172 valence electrons. The summed E-state index contributed by atoms with van der Waals surface area (Å²) in [5, 5.41) is 16.7. The standard InChI is InChI=1S/C25H20Cl2N4O3/c26-18-10-6-16(7-11-18)21-20(14-15-4-2-1-3-5-15)29-30-24(21)28-23(22(27)25(30)32)17-8-12-19(13-9-17)31(33)34/h1-13,20-21,24,28-29H,14H2. The summed E-state index contributed by atoms with van der Waals surface area (Å²) < 4.78 is 0. The monoisotopic (exact) mass is 494 g/mol. The molecule has 5 rings (SSSR count). The van der Waals surface area contributed by atoms with E-state index in [0.29, 0.717) is 22.7 Å². The van der Waals surface area contributed by atoms with Gasteiger partial charge in [0, 0.05) is 29.1 Å². The molecule has 3 aromatic rings. The number of carbonyl (C=O) groups is 1. The number of hydrazine groups is 1. The molecule has 2 heterocycles. The summed E-state index contributed by atoms with van der Waals surface area (Å²) in [7, 11) is 0. The predicted octanol–water partition coefficient (Wildman–Crippen LogP) is 4.83. The zero-order valence-electron chi connectivity index (χ0n) is 17.8. The van der Waals surface area contributed by atoms with Gasteiger partial charge < -0.3 is 5.32 Å². The molecule has 3 aromatic carbocycles. The van der Waals surface area contributed by atoms with E-state index in [1.165, 1.54) is 12.1 Å². The molecule has 9 heteroatoms. The van der Waals surface area contributed by atoms with E-state index in [0.717, 1.165) is 11.1 Å². The van der Waals surface area contributed by atoms with Gasteiger partial charge in [-0.3, -0.25) is 14.9 Å². The maximum Gasteiger partial charge on any atom is 0.283 e. The molecule has 1 amide bonds. The van der Waals surface area contributed by atoms with Crippen LogP contribution in [0.2, 0.25) is 5.02 Å². The lowest BCUT2D eigenvalue weighted by molar-refractivity contribution is -0.384. The van der Waals surface area contributed by atoms with E-state index in [9.17, 15) is 14.9 Å². The molecule has 7 nitrogen and oxygen atoms in total. The number of amides is 1. The molecule has 2 aliphatic rings. The van der Waals surface area contributed by atoms with Gasteiger partial charge in [0.2, 0.25) is 0 Å². The van der Waals surface area contributed by atoms with Crippen LogP contribution in [0.25, 0.3) is 5.70 Å². The normalized spacial score (nSPS) is 21.9. The minimum Gasteiger partial charge on any atom is -0.362 e. The van der Waals surface area contributed by atoms with Gasteiger partial charge in [-0.05, 0) is 47.4 Å². The molecule has 0 bridgehead atoms. The molecule has 0 spiro atoms. The first-order chi connectivity index (χ1) is 16.4. The molecule has 2 N–H and O–H groups in total. The van der Waals surface area contributed by atoms with E-state index >= 15 is 0 Å². The molecular weight excluding hydrogens is 475 g/mol. The van der Waals surface area contributed by atoms with Crippen LogP contribution in [0.4, 0.5) is 5.69 Å². The van der Waals surface area contributed by atoms with Crippen LogP contribution in [0.3, 0.4) is 0 Å². The lowest BCUT2D eigenvalue weighted by Crippen LogP contribution is -2.53. The highest BCUT2D eigenvalue weighted by Gasteiger charge is 2.48. The zero-order chi connectivity index (χ0) is 23.8. The number of benzene rings is 3. The third-order valence-corrected chi connectivity index (χ3v) is 6.80. The zero-order valence-corrected chi connectivity index (χ0v) is 19.3. The fraction of sp³-hybridized carbons (Fsp3) is 0.160. The Morgan fingerprint density at radius 1 is 0.941 bits per heavy atom. The van der Waals surface area contributed by atoms with Gasteiger partial charge in [-0.1, -0.05) is 65.7 Å². The summed E-state index contributed by atoms with van der Waals surface area (Å²) in [4.78, 5) is 23.9. The molecular formula is C25H20Cl2N4O3. The summed E-state index contributed by atoms with van der Waals surface area (Å²) >= 11 is 12.6. The molecule has 0 radical (unpaired) electrons. The van der Waals surface area contributed by atoms with Gasteiger partial charge >= 0.3 is 0 Å². The van der Waals surface area contributed by atoms with Crippen molar-refractivity contribution in [3.05, 3.63) is 116 Å². The van der Waals surface area contributed by atoms with Crippen molar-refractivity contribution >= 4 is 40.5 Å². The smallest absolute Gasteiger partial charge is 0.283 e. The van der Waals surface area contributed by atoms with Gasteiger partial charge in [0.1, 0.15) is 11.2 Å². The third kappa shape index (κ3) is 4.14. The van der Waals surface area contributed by atoms with Crippen molar-refractivity contribution in [1.29, 1.82) is 0 Å². The first-order valence-electron chi connectivity index (χ1n) is 10.7. The number of nitrogens with zero attached hydrogens (tertiary/aromatic N) is 2. The lowest BCUT2D eigenvalue weighted by Gasteiger charge is -2.34. The van der Waals surface area contributed by atoms with E-state index in [4.69, 9.17) is 23.2 Å². The van der Waals surface area contributed by atoms with Gasteiger partial charge in [-0.15, -0.1) is 0 Å². The van der Waals surface area contributed by atoms with E-state index in [-0.39, 0.29) is 28.6 Å². The van der Waals surface area contributed by atoms with Crippen LogP contribution in [0, 0.1) is 10.1 Å². The Labute approximate surface area is 206 Å². The van der Waals surface area contributed by atoms with E-state index in [1.807, 2.05) is 42.5 Å². The number of halogens is 2. The van der Waals surface area contributed by atoms with Gasteiger partial charge in [0.15, 0.2) is 0 Å². The Morgan fingerprint density at radius 2 is 1.62 bits per heavy atom. The second kappa shape index (κ2) is 9.10. The molecule has 0 aromatic heterocycles. The van der Waals surface area contributed by atoms with Crippen LogP contribution in [-0.2, 0) is 11.2 Å². The number of hydrogen-bond donors (Lipinski definition) is 2. The van der Waals surface area contributed by atoms with Crippen LogP contribution >= 0.6 is 23.2 Å². The summed E-state index contributed by atoms with van der Waals surface area (Å²) in [5.74, 6) is -0.465. The molecule has 2 aliphatic heterocycles. The Balaban J connectivity index is 1.52. The van der Waals surface area contributed by atoms with Crippen LogP contribution in [0.5, 0.6) is 0 Å². The summed E-state index contributed by atoms with van der Waals surface area (Å²) in [6.07, 6.45) is 0.274. The Kier molecular flexibility index (Phi) is 6.00. The van der Waals surface area contributed by atoms with Crippen molar-refractivity contribution in [3.63, 3.8) is 0 Å². The topological polar surface area (TPSA) is 87.5 Å². The fourth-order valence-electron chi connectivity index (χ4n) is 4.58. The highest BCUT2D eigenvalue weighted by Crippen LogP contribution is 2.39. The molecule has 34 heavy (non-hydrogen) atoms. The molecule has 3 atom stereocenters. The maximum absolute atomic E-state index is 13.3. The highest BCUT2D eigenvalue weighted by molar-refractivity contribution is 6.45. The van der Waals surface area contributed by atoms with Crippen molar-refractivity contribution in [2.45, 2.75) is 24.5 Å². The van der Waals surface area contributed by atoms with Crippen LogP contribution < -0.4 is 10.7 Å². The Bertz CT molecular complexity index is 1260. The second-order valence-electron chi connectivity index (χ2n) is 8.26. The predicted molar refractivity (Wildman–Crippen MR) is 131 cm³/mol. The number of rotatable bonds is 5. The largest absolute Gasteiger partial charge is 0.362 e. The summed E-state index contributed by atoms with van der Waals surface area (Å²) in [6, 6.07) is 23.5. The summed E-state index contributed by atoms with van der Waals surface area (Å²) in [5.41, 5.74) is 6.54. The van der Waals surface area contributed by atoms with Crippen LogP contribution in [0.15, 0.2) is 83.9 Å². The van der Waals surface area contributed by atoms with Crippen molar-refractivity contribution in [2.75, 3.05) is 0 Å². The first-order valence-corrected chi connectivity index (χ1v) is 11.5. The number of carbonyl (C=O) groups excluding carboxylic acids is 1. The van der Waals surface area contributed by atoms with Crippen molar-refractivity contribution in [2.24, 2.45) is 0 Å². The number of nitro benzene ring substituents is 1. The second-order valence-corrected chi connectivity index (χ2v) is 9.07. The number of fused-ring (bicyclic) bond motifs is 1. The Hall–Kier alpha value is -3.39. The average molecular weight is 495 g/mol. The quantitative estimate of drug-likeness (QED) is 0.391. The molecule has 0 saturated carbocycles. The molecule has 0 aliphatic carbocycles. The van der Waals surface area contributed by atoms with E-state index < -0.39 is 11.1 Å². The van der Waals surface area contributed by atoms with Crippen LogP contribution in [-0.4, -0.2) is 28.0 Å². The van der Waals surface area contributed by atoms with Gasteiger partial charge in [0.25, 0.3) is 11.6 Å². The molecule has 3 unspecified atom stereocenters. The fourth-order valence-corrected chi connectivity index (χ4v) is 4.96. The first kappa shape index (κ1) is 22.4. The number of nitrogens with one attached hydrogen (secondary N) is 2. The third-order valence-electron chi connectivity index (χ3n) is 6.20. The average Bonchev–Trinajstić information content (AvgIpc) is 3.20. The lowest BCUT2D eigenvalue weighted by atomic mass is 9.86. The van der Waals surface area contributed by atoms with Gasteiger partial charge in [0.05, 0.1) is 10.6 Å². The number of nitro groups is 1. The van der Waals surface area contributed by atoms with Gasteiger partial charge in [-0.25, -0.2) is 10.4 Å². The molecule has 1 fully saturated rings. The number of hydrogen-bond acceptors (Lipinski definition) is 5. The minimum atomic E-state index is -0.466. The SMILES string of the molecule is O=C1C(Cl)=C(c2ccc([N+](=O)[O-])cc2)NC2C(c3ccc(Cl)cc3)C(Cc3ccccc3)NN12. The van der Waals surface area contributed by atoms with E-state index in [2.05, 4.69) is 22.9 Å². The van der Waals surface area contributed by atoms with Crippen LogP contribution in [0.1, 0.15) is 22.6 Å². The maximum atomic E-state index is 13.3.